The van der Waals surface area contributed by atoms with E-state index in [0.717, 1.165) is 11.3 Å². The predicted molar refractivity (Wildman–Crippen MR) is 86.5 cm³/mol. The van der Waals surface area contributed by atoms with Crippen LogP contribution in [0, 0.1) is 6.92 Å². The topological polar surface area (TPSA) is 42.3 Å². The highest BCUT2D eigenvalue weighted by molar-refractivity contribution is 5.95. The van der Waals surface area contributed by atoms with Crippen molar-refractivity contribution in [3.8, 4) is 0 Å². The summed E-state index contributed by atoms with van der Waals surface area (Å²) in [5, 5.41) is 0. The molecule has 2 heterocycles. The van der Waals surface area contributed by atoms with Crippen LogP contribution >= 0.6 is 0 Å². The van der Waals surface area contributed by atoms with Gasteiger partial charge in [-0.05, 0) is 43.7 Å². The smallest absolute Gasteiger partial charge is 0.258 e. The number of aromatic nitrogens is 1. The molecule has 2 aromatic rings. The van der Waals surface area contributed by atoms with Crippen molar-refractivity contribution in [1.82, 2.24) is 9.47 Å². The molecule has 0 bridgehead atoms. The van der Waals surface area contributed by atoms with Crippen molar-refractivity contribution in [3.05, 3.63) is 75.3 Å². The zero-order chi connectivity index (χ0) is 15.7. The van der Waals surface area contributed by atoms with Crippen LogP contribution in [-0.2, 0) is 13.1 Å². The second-order valence-electron chi connectivity index (χ2n) is 5.38. The van der Waals surface area contributed by atoms with E-state index in [4.69, 9.17) is 0 Å². The minimum Gasteiger partial charge on any atom is -0.313 e. The Balaban J connectivity index is 1.98. The predicted octanol–water partition coefficient (Wildman–Crippen LogP) is 2.80. The lowest BCUT2D eigenvalue weighted by atomic mass is 10.0. The van der Waals surface area contributed by atoms with Gasteiger partial charge in [0.2, 0.25) is 0 Å². The van der Waals surface area contributed by atoms with Crippen LogP contribution in [0.25, 0.3) is 6.08 Å². The van der Waals surface area contributed by atoms with E-state index < -0.39 is 0 Å². The van der Waals surface area contributed by atoms with Crippen molar-refractivity contribution in [2.24, 2.45) is 0 Å². The molecule has 4 heteroatoms. The summed E-state index contributed by atoms with van der Waals surface area (Å²) < 4.78 is 1.74. The van der Waals surface area contributed by atoms with Gasteiger partial charge in [-0.2, -0.15) is 0 Å². The van der Waals surface area contributed by atoms with Crippen LogP contribution in [0.4, 0.5) is 0 Å². The summed E-state index contributed by atoms with van der Waals surface area (Å²) in [5.41, 5.74) is 3.15. The van der Waals surface area contributed by atoms with Crippen molar-refractivity contribution >= 4 is 12.0 Å². The molecule has 1 aromatic carbocycles. The summed E-state index contributed by atoms with van der Waals surface area (Å²) in [7, 11) is 0. The molecule has 0 aliphatic carbocycles. The second-order valence-corrected chi connectivity index (χ2v) is 5.38. The lowest BCUT2D eigenvalue weighted by Crippen LogP contribution is -2.34. The van der Waals surface area contributed by atoms with Crippen molar-refractivity contribution in [2.75, 3.05) is 0 Å². The number of carbonyl (C=O) groups is 1. The number of fused-ring (bicyclic) bond motifs is 1. The number of benzene rings is 1. The fourth-order valence-electron chi connectivity index (χ4n) is 2.82. The van der Waals surface area contributed by atoms with Crippen molar-refractivity contribution in [1.29, 1.82) is 0 Å². The number of amides is 1. The first-order chi connectivity index (χ1) is 10.6. The summed E-state index contributed by atoms with van der Waals surface area (Å²) in [6, 6.07) is 11.1. The molecule has 0 N–H and O–H groups in total. The van der Waals surface area contributed by atoms with Gasteiger partial charge in [0, 0.05) is 29.6 Å². The largest absolute Gasteiger partial charge is 0.313 e. The fraction of sp³-hybridized carbons (Fsp3) is 0.222. The lowest BCUT2D eigenvalue weighted by Gasteiger charge is -2.24. The van der Waals surface area contributed by atoms with Crippen LogP contribution < -0.4 is 5.56 Å². The Morgan fingerprint density at radius 3 is 2.64 bits per heavy atom. The molecule has 1 amide bonds. The summed E-state index contributed by atoms with van der Waals surface area (Å²) in [5.74, 6) is -0.0921. The average Bonchev–Trinajstić information content (AvgIpc) is 2.55. The van der Waals surface area contributed by atoms with Gasteiger partial charge in [-0.3, -0.25) is 9.59 Å². The molecule has 0 atom stereocenters. The van der Waals surface area contributed by atoms with Gasteiger partial charge in [0.15, 0.2) is 0 Å². The van der Waals surface area contributed by atoms with Gasteiger partial charge in [-0.1, -0.05) is 18.2 Å². The Morgan fingerprint density at radius 2 is 1.95 bits per heavy atom. The van der Waals surface area contributed by atoms with Gasteiger partial charge >= 0.3 is 0 Å². The Hall–Kier alpha value is -2.62. The molecule has 0 fully saturated rings. The molecule has 1 aromatic heterocycles. The monoisotopic (exact) mass is 294 g/mol. The van der Waals surface area contributed by atoms with Crippen molar-refractivity contribution in [2.45, 2.75) is 26.9 Å². The molecule has 0 spiro atoms. The van der Waals surface area contributed by atoms with Crippen LogP contribution in [-0.4, -0.2) is 15.4 Å². The molecule has 1 aliphatic heterocycles. The minimum atomic E-state index is -0.0921. The van der Waals surface area contributed by atoms with Gasteiger partial charge in [-0.25, -0.2) is 0 Å². The first kappa shape index (κ1) is 14.3. The number of hydrogen-bond acceptors (Lipinski definition) is 2. The molecule has 0 unspecified atom stereocenters. The summed E-state index contributed by atoms with van der Waals surface area (Å²) >= 11 is 0. The lowest BCUT2D eigenvalue weighted by molar-refractivity contribution is 0.0812. The summed E-state index contributed by atoms with van der Waals surface area (Å²) in [4.78, 5) is 26.7. The molecule has 0 radical (unpaired) electrons. The van der Waals surface area contributed by atoms with E-state index in [-0.39, 0.29) is 11.5 Å². The maximum atomic E-state index is 12.6. The van der Waals surface area contributed by atoms with E-state index in [9.17, 15) is 9.59 Å². The Kier molecular flexibility index (Phi) is 3.67. The molecule has 1 aliphatic rings. The zero-order valence-corrected chi connectivity index (χ0v) is 12.7. The number of hydrogen-bond donors (Lipinski definition) is 0. The zero-order valence-electron chi connectivity index (χ0n) is 12.7. The van der Waals surface area contributed by atoms with E-state index in [2.05, 4.69) is 0 Å². The van der Waals surface area contributed by atoms with Crippen LogP contribution in [0.5, 0.6) is 0 Å². The van der Waals surface area contributed by atoms with E-state index >= 15 is 0 Å². The molecule has 3 rings (SSSR count). The highest BCUT2D eigenvalue weighted by atomic mass is 16.2. The van der Waals surface area contributed by atoms with E-state index in [0.29, 0.717) is 24.2 Å². The first-order valence-electron chi connectivity index (χ1n) is 7.39. The quantitative estimate of drug-likeness (QED) is 0.854. The molecule has 0 saturated heterocycles. The third-order valence-electron chi connectivity index (χ3n) is 4.00. The Labute approximate surface area is 129 Å². The number of pyridine rings is 1. The van der Waals surface area contributed by atoms with E-state index in [1.54, 1.807) is 27.8 Å². The number of carbonyl (C=O) groups excluding carboxylic acids is 1. The van der Waals surface area contributed by atoms with Crippen LogP contribution in [0.3, 0.4) is 0 Å². The Morgan fingerprint density at radius 1 is 1.23 bits per heavy atom. The van der Waals surface area contributed by atoms with Crippen molar-refractivity contribution in [3.63, 3.8) is 0 Å². The van der Waals surface area contributed by atoms with Gasteiger partial charge < -0.3 is 9.47 Å². The van der Waals surface area contributed by atoms with Gasteiger partial charge in [0.05, 0.1) is 6.54 Å². The Bertz CT molecular complexity index is 804. The summed E-state index contributed by atoms with van der Waals surface area (Å²) in [6.45, 7) is 4.83. The fourth-order valence-corrected chi connectivity index (χ4v) is 2.82. The number of aryl methyl sites for hydroxylation is 1. The summed E-state index contributed by atoms with van der Waals surface area (Å²) in [6.07, 6.45) is 3.60. The number of nitrogens with zero attached hydrogens (tertiary/aromatic N) is 2. The third kappa shape index (κ3) is 2.37. The minimum absolute atomic E-state index is 0.00675. The third-order valence-corrected chi connectivity index (χ3v) is 4.00. The number of rotatable bonds is 2. The van der Waals surface area contributed by atoms with E-state index in [1.165, 1.54) is 0 Å². The normalized spacial score (nSPS) is 13.1. The van der Waals surface area contributed by atoms with E-state index in [1.807, 2.05) is 44.2 Å². The second kappa shape index (κ2) is 5.64. The molecule has 22 heavy (non-hydrogen) atoms. The molecule has 0 saturated carbocycles. The van der Waals surface area contributed by atoms with Gasteiger partial charge in [0.25, 0.3) is 11.5 Å². The molecular weight excluding hydrogens is 276 g/mol. The maximum Gasteiger partial charge on any atom is 0.258 e. The standard InChI is InChI=1S/C18H18N2O2/c1-3-20-13(2)11-15-9-10-19(12-16(15)18(20)22)17(21)14-7-5-4-6-8-14/h4-11H,3,12H2,1-2H3. The molecule has 112 valence electrons. The highest BCUT2D eigenvalue weighted by Crippen LogP contribution is 2.19. The van der Waals surface area contributed by atoms with Crippen LogP contribution in [0.2, 0.25) is 0 Å². The maximum absolute atomic E-state index is 12.6. The SMILES string of the molecule is CCn1c(C)cc2c(c1=O)CN(C(=O)c1ccccc1)C=C2. The average molecular weight is 294 g/mol. The van der Waals surface area contributed by atoms with Crippen LogP contribution in [0.1, 0.15) is 34.1 Å². The first-order valence-corrected chi connectivity index (χ1v) is 7.39. The van der Waals surface area contributed by atoms with Gasteiger partial charge in [-0.15, -0.1) is 0 Å². The highest BCUT2D eigenvalue weighted by Gasteiger charge is 2.21. The van der Waals surface area contributed by atoms with Crippen molar-refractivity contribution < 1.29 is 4.79 Å². The van der Waals surface area contributed by atoms with Crippen LogP contribution in [0.15, 0.2) is 47.4 Å². The molecule has 4 nitrogen and oxygen atoms in total. The van der Waals surface area contributed by atoms with Gasteiger partial charge in [0.1, 0.15) is 0 Å². The molecular formula is C18H18N2O2.